The lowest BCUT2D eigenvalue weighted by Crippen LogP contribution is -2.39. The molecule has 2 heteroatoms. The van der Waals surface area contributed by atoms with Crippen molar-refractivity contribution in [3.05, 3.63) is 48.0 Å². The van der Waals surface area contributed by atoms with Crippen molar-refractivity contribution in [2.45, 2.75) is 31.8 Å². The number of rotatable bonds is 2. The fourth-order valence-corrected chi connectivity index (χ4v) is 3.08. The van der Waals surface area contributed by atoms with Crippen molar-refractivity contribution in [2.75, 3.05) is 6.54 Å². The number of allylic oxidation sites excluding steroid dienone is 1. The highest BCUT2D eigenvalue weighted by atomic mass is 16.1. The molecule has 0 spiro atoms. The summed E-state index contributed by atoms with van der Waals surface area (Å²) in [5.41, 5.74) is 1.36. The smallest absolute Gasteiger partial charge is 0.139 e. The highest BCUT2D eigenvalue weighted by molar-refractivity contribution is 5.83. The van der Waals surface area contributed by atoms with Crippen LogP contribution in [0.2, 0.25) is 0 Å². The quantitative estimate of drug-likeness (QED) is 0.742. The van der Waals surface area contributed by atoms with Crippen LogP contribution in [0, 0.1) is 5.92 Å². The van der Waals surface area contributed by atoms with E-state index < -0.39 is 0 Å². The average Bonchev–Trinajstić information content (AvgIpc) is 2.56. The fraction of sp³-hybridized carbons (Fsp3) is 0.438. The van der Waals surface area contributed by atoms with Gasteiger partial charge in [0.25, 0.3) is 0 Å². The van der Waals surface area contributed by atoms with Crippen molar-refractivity contribution in [2.24, 2.45) is 5.92 Å². The summed E-state index contributed by atoms with van der Waals surface area (Å²) in [6.45, 7) is 1.97. The molecule has 3 rings (SSSR count). The van der Waals surface area contributed by atoms with E-state index in [-0.39, 0.29) is 5.92 Å². The number of fused-ring (bicyclic) bond motifs is 2. The van der Waals surface area contributed by atoms with E-state index in [1.165, 1.54) is 5.56 Å². The van der Waals surface area contributed by atoms with E-state index in [1.54, 1.807) is 0 Å². The SMILES string of the molecule is O=C1CCC2CC1C=CCN2Cc1ccccc1. The fourth-order valence-electron chi connectivity index (χ4n) is 3.08. The molecule has 2 unspecified atom stereocenters. The predicted octanol–water partition coefficient (Wildman–Crippen LogP) is 2.80. The van der Waals surface area contributed by atoms with E-state index in [0.717, 1.165) is 32.4 Å². The molecule has 2 nitrogen and oxygen atoms in total. The summed E-state index contributed by atoms with van der Waals surface area (Å²) in [5.74, 6) is 0.619. The number of benzene rings is 1. The molecule has 0 amide bonds. The third kappa shape index (κ3) is 2.39. The van der Waals surface area contributed by atoms with Gasteiger partial charge in [0.2, 0.25) is 0 Å². The summed E-state index contributed by atoms with van der Waals surface area (Å²) in [6, 6.07) is 11.2. The second-order valence-electron chi connectivity index (χ2n) is 5.34. The Morgan fingerprint density at radius 1 is 1.22 bits per heavy atom. The molecule has 2 atom stereocenters. The van der Waals surface area contributed by atoms with Crippen molar-refractivity contribution in [1.29, 1.82) is 0 Å². The van der Waals surface area contributed by atoms with Crippen molar-refractivity contribution >= 4 is 5.78 Å². The number of hydrogen-bond acceptors (Lipinski definition) is 2. The van der Waals surface area contributed by atoms with Gasteiger partial charge in [-0.05, 0) is 18.4 Å². The molecule has 1 aromatic rings. The number of carbonyl (C=O) groups is 1. The summed E-state index contributed by atoms with van der Waals surface area (Å²) in [4.78, 5) is 14.3. The van der Waals surface area contributed by atoms with Crippen LogP contribution in [0.25, 0.3) is 0 Å². The molecule has 0 aromatic heterocycles. The lowest BCUT2D eigenvalue weighted by molar-refractivity contribution is -0.124. The van der Waals surface area contributed by atoms with Crippen molar-refractivity contribution in [3.63, 3.8) is 0 Å². The van der Waals surface area contributed by atoms with Gasteiger partial charge in [0.15, 0.2) is 0 Å². The van der Waals surface area contributed by atoms with Gasteiger partial charge in [-0.25, -0.2) is 0 Å². The molecule has 1 heterocycles. The lowest BCUT2D eigenvalue weighted by atomic mass is 9.84. The highest BCUT2D eigenvalue weighted by Gasteiger charge is 2.31. The zero-order valence-electron chi connectivity index (χ0n) is 10.6. The highest BCUT2D eigenvalue weighted by Crippen LogP contribution is 2.29. The van der Waals surface area contributed by atoms with Gasteiger partial charge in [0, 0.05) is 31.5 Å². The first-order valence-corrected chi connectivity index (χ1v) is 6.80. The molecule has 1 saturated carbocycles. The van der Waals surface area contributed by atoms with Crippen LogP contribution in [0.4, 0.5) is 0 Å². The Hall–Kier alpha value is -1.41. The molecular weight excluding hydrogens is 222 g/mol. The van der Waals surface area contributed by atoms with Crippen LogP contribution >= 0.6 is 0 Å². The number of hydrogen-bond donors (Lipinski definition) is 0. The molecule has 94 valence electrons. The Morgan fingerprint density at radius 2 is 2.06 bits per heavy atom. The minimum absolute atomic E-state index is 0.185. The maximum Gasteiger partial charge on any atom is 0.139 e. The number of carbonyl (C=O) groups excluding carboxylic acids is 1. The zero-order chi connectivity index (χ0) is 12.4. The molecule has 1 aromatic carbocycles. The molecular formula is C16H19NO. The Morgan fingerprint density at radius 3 is 2.89 bits per heavy atom. The van der Waals surface area contributed by atoms with Gasteiger partial charge >= 0.3 is 0 Å². The minimum atomic E-state index is 0.185. The summed E-state index contributed by atoms with van der Waals surface area (Å²) in [7, 11) is 0. The summed E-state index contributed by atoms with van der Waals surface area (Å²) < 4.78 is 0. The molecule has 0 saturated heterocycles. The second-order valence-corrected chi connectivity index (χ2v) is 5.34. The van der Waals surface area contributed by atoms with Crippen LogP contribution in [0.5, 0.6) is 0 Å². The standard InChI is InChI=1S/C16H19NO/c18-16-9-8-15-11-14(16)7-4-10-17(15)12-13-5-2-1-3-6-13/h1-7,14-15H,8-12H2. The zero-order valence-corrected chi connectivity index (χ0v) is 10.6. The average molecular weight is 241 g/mol. The molecule has 0 radical (unpaired) electrons. The van der Waals surface area contributed by atoms with E-state index in [2.05, 4.69) is 47.4 Å². The van der Waals surface area contributed by atoms with E-state index in [9.17, 15) is 4.79 Å². The number of ketones is 1. The van der Waals surface area contributed by atoms with E-state index in [1.807, 2.05) is 0 Å². The Labute approximate surface area is 108 Å². The third-order valence-corrected chi connectivity index (χ3v) is 4.12. The van der Waals surface area contributed by atoms with Crippen LogP contribution in [0.3, 0.4) is 0 Å². The maximum atomic E-state index is 11.8. The van der Waals surface area contributed by atoms with Gasteiger partial charge in [-0.2, -0.15) is 0 Å². The maximum absolute atomic E-state index is 11.8. The largest absolute Gasteiger partial charge is 0.299 e. The van der Waals surface area contributed by atoms with Crippen LogP contribution in [-0.2, 0) is 11.3 Å². The molecule has 0 N–H and O–H groups in total. The Bertz CT molecular complexity index is 451. The van der Waals surface area contributed by atoms with Gasteiger partial charge in [0.1, 0.15) is 5.78 Å². The molecule has 1 aliphatic carbocycles. The van der Waals surface area contributed by atoms with Crippen LogP contribution in [-0.4, -0.2) is 23.3 Å². The van der Waals surface area contributed by atoms with Crippen LogP contribution in [0.1, 0.15) is 24.8 Å². The topological polar surface area (TPSA) is 20.3 Å². The molecule has 1 aliphatic heterocycles. The van der Waals surface area contributed by atoms with Gasteiger partial charge in [0.05, 0.1) is 0 Å². The molecule has 2 aliphatic rings. The van der Waals surface area contributed by atoms with Gasteiger partial charge < -0.3 is 0 Å². The molecule has 1 fully saturated rings. The van der Waals surface area contributed by atoms with Crippen LogP contribution < -0.4 is 0 Å². The molecule has 2 bridgehead atoms. The third-order valence-electron chi connectivity index (χ3n) is 4.12. The molecule has 18 heavy (non-hydrogen) atoms. The van der Waals surface area contributed by atoms with E-state index >= 15 is 0 Å². The van der Waals surface area contributed by atoms with Crippen LogP contribution in [0.15, 0.2) is 42.5 Å². The first kappa shape index (κ1) is 11.7. The van der Waals surface area contributed by atoms with Crippen molar-refractivity contribution in [3.8, 4) is 0 Å². The van der Waals surface area contributed by atoms with Crippen molar-refractivity contribution < 1.29 is 4.79 Å². The van der Waals surface area contributed by atoms with E-state index in [0.29, 0.717) is 11.8 Å². The first-order valence-electron chi connectivity index (χ1n) is 6.80. The summed E-state index contributed by atoms with van der Waals surface area (Å²) in [6.07, 6.45) is 7.10. The first-order chi connectivity index (χ1) is 8.83. The number of Topliss-reactive ketones (excluding diaryl/α,β-unsaturated/α-hetero) is 1. The monoisotopic (exact) mass is 241 g/mol. The van der Waals surface area contributed by atoms with Gasteiger partial charge in [-0.1, -0.05) is 42.5 Å². The summed E-state index contributed by atoms with van der Waals surface area (Å²) in [5, 5.41) is 0. The van der Waals surface area contributed by atoms with E-state index in [4.69, 9.17) is 0 Å². The Balaban J connectivity index is 1.74. The lowest BCUT2D eigenvalue weighted by Gasteiger charge is -2.33. The predicted molar refractivity (Wildman–Crippen MR) is 72.1 cm³/mol. The Kier molecular flexibility index (Phi) is 3.28. The van der Waals surface area contributed by atoms with Gasteiger partial charge in [-0.3, -0.25) is 9.69 Å². The second kappa shape index (κ2) is 5.07. The summed E-state index contributed by atoms with van der Waals surface area (Å²) >= 11 is 0. The number of nitrogens with zero attached hydrogens (tertiary/aromatic N) is 1. The van der Waals surface area contributed by atoms with Gasteiger partial charge in [-0.15, -0.1) is 0 Å². The normalized spacial score (nSPS) is 28.1. The van der Waals surface area contributed by atoms with Crippen molar-refractivity contribution in [1.82, 2.24) is 4.90 Å². The minimum Gasteiger partial charge on any atom is -0.299 e.